The molecular weight excluding hydrogens is 110 g/mol. The van der Waals surface area contributed by atoms with E-state index in [-0.39, 0.29) is 0 Å². The summed E-state index contributed by atoms with van der Waals surface area (Å²) in [7, 11) is 0. The van der Waals surface area contributed by atoms with Crippen molar-refractivity contribution in [1.82, 2.24) is 5.32 Å². The second-order valence-electron chi connectivity index (χ2n) is 2.27. The summed E-state index contributed by atoms with van der Waals surface area (Å²) >= 11 is 0. The van der Waals surface area contributed by atoms with Crippen LogP contribution in [-0.2, 0) is 0 Å². The average molecular weight is 128 g/mol. The number of hydrogen-bond donors (Lipinski definition) is 1. The highest BCUT2D eigenvalue weighted by atomic mass is 14.8. The van der Waals surface area contributed by atoms with Crippen molar-refractivity contribution in [2.75, 3.05) is 13.1 Å². The predicted octanol–water partition coefficient (Wildman–Crippen LogP) is 1.99. The number of hydrogen-bond acceptors (Lipinski definition) is 1. The SMILES string of the molecule is [CH2+]CCCCCNCC. The van der Waals surface area contributed by atoms with Crippen molar-refractivity contribution >= 4 is 0 Å². The summed E-state index contributed by atoms with van der Waals surface area (Å²) in [5, 5.41) is 3.29. The third-order valence-electron chi connectivity index (χ3n) is 1.35. The third-order valence-corrected chi connectivity index (χ3v) is 1.35. The Morgan fingerprint density at radius 1 is 1.22 bits per heavy atom. The highest BCUT2D eigenvalue weighted by molar-refractivity contribution is 4.47. The van der Waals surface area contributed by atoms with Crippen molar-refractivity contribution in [3.05, 3.63) is 6.92 Å². The Balaban J connectivity index is 2.60. The third kappa shape index (κ3) is 7.83. The lowest BCUT2D eigenvalue weighted by molar-refractivity contribution is 0.620. The van der Waals surface area contributed by atoms with Crippen LogP contribution in [-0.4, -0.2) is 13.1 Å². The summed E-state index contributed by atoms with van der Waals surface area (Å²) in [4.78, 5) is 0. The summed E-state index contributed by atoms with van der Waals surface area (Å²) in [6.07, 6.45) is 5.01. The molecule has 1 heteroatoms. The molecule has 0 aromatic heterocycles. The zero-order valence-electron chi connectivity index (χ0n) is 6.45. The van der Waals surface area contributed by atoms with Crippen molar-refractivity contribution in [2.24, 2.45) is 0 Å². The van der Waals surface area contributed by atoms with E-state index in [9.17, 15) is 0 Å². The molecule has 0 bridgehead atoms. The second kappa shape index (κ2) is 7.83. The normalized spacial score (nSPS) is 9.89. The standard InChI is InChI=1S/C8H18N/c1-3-5-6-7-8-9-4-2/h9H,1,3-8H2,2H3/q+1. The Bertz CT molecular complexity index is 37.8. The van der Waals surface area contributed by atoms with Crippen molar-refractivity contribution in [1.29, 1.82) is 0 Å². The van der Waals surface area contributed by atoms with Crippen LogP contribution in [0.5, 0.6) is 0 Å². The zero-order valence-corrected chi connectivity index (χ0v) is 6.45. The summed E-state index contributed by atoms with van der Waals surface area (Å²) in [5.41, 5.74) is 0. The molecule has 0 aliphatic carbocycles. The van der Waals surface area contributed by atoms with Crippen LogP contribution >= 0.6 is 0 Å². The maximum atomic E-state index is 3.78. The Kier molecular flexibility index (Phi) is 7.68. The lowest BCUT2D eigenvalue weighted by Gasteiger charge is -1.97. The minimum Gasteiger partial charge on any atom is -0.317 e. The van der Waals surface area contributed by atoms with Crippen LogP contribution in [0.3, 0.4) is 0 Å². The van der Waals surface area contributed by atoms with Gasteiger partial charge < -0.3 is 5.32 Å². The molecule has 0 amide bonds. The Labute approximate surface area is 58.8 Å². The van der Waals surface area contributed by atoms with Crippen molar-refractivity contribution in [3.63, 3.8) is 0 Å². The van der Waals surface area contributed by atoms with Gasteiger partial charge in [0, 0.05) is 0 Å². The van der Waals surface area contributed by atoms with Crippen LogP contribution in [0.15, 0.2) is 0 Å². The van der Waals surface area contributed by atoms with E-state index in [1.54, 1.807) is 0 Å². The van der Waals surface area contributed by atoms with E-state index in [1.807, 2.05) is 0 Å². The van der Waals surface area contributed by atoms with Crippen LogP contribution < -0.4 is 5.32 Å². The minimum atomic E-state index is 1.09. The van der Waals surface area contributed by atoms with Gasteiger partial charge in [-0.2, -0.15) is 0 Å². The van der Waals surface area contributed by atoms with Crippen LogP contribution in [0.25, 0.3) is 0 Å². The van der Waals surface area contributed by atoms with Gasteiger partial charge in [0.1, 0.15) is 0 Å². The molecule has 9 heavy (non-hydrogen) atoms. The van der Waals surface area contributed by atoms with Gasteiger partial charge in [-0.1, -0.05) is 6.92 Å². The van der Waals surface area contributed by atoms with Crippen LogP contribution in [0.1, 0.15) is 32.6 Å². The number of nitrogens with one attached hydrogen (secondary N) is 1. The molecule has 0 saturated carbocycles. The number of rotatable bonds is 6. The fourth-order valence-electron chi connectivity index (χ4n) is 0.780. The van der Waals surface area contributed by atoms with Gasteiger partial charge in [0.15, 0.2) is 0 Å². The quantitative estimate of drug-likeness (QED) is 0.426. The topological polar surface area (TPSA) is 12.0 Å². The molecule has 54 valence electrons. The van der Waals surface area contributed by atoms with Crippen molar-refractivity contribution in [2.45, 2.75) is 32.6 Å². The Morgan fingerprint density at radius 2 is 2.00 bits per heavy atom. The maximum absolute atomic E-state index is 3.78. The van der Waals surface area contributed by atoms with E-state index in [0.717, 1.165) is 13.0 Å². The lowest BCUT2D eigenvalue weighted by atomic mass is 10.2. The number of unbranched alkanes of at least 4 members (excludes halogenated alkanes) is 3. The van der Waals surface area contributed by atoms with Crippen molar-refractivity contribution < 1.29 is 0 Å². The summed E-state index contributed by atoms with van der Waals surface area (Å²) in [5.74, 6) is 0. The van der Waals surface area contributed by atoms with Gasteiger partial charge in [0.2, 0.25) is 0 Å². The van der Waals surface area contributed by atoms with Crippen LogP contribution in [0.4, 0.5) is 0 Å². The molecule has 0 atom stereocenters. The van der Waals surface area contributed by atoms with Gasteiger partial charge in [-0.3, -0.25) is 0 Å². The zero-order chi connectivity index (χ0) is 6.95. The van der Waals surface area contributed by atoms with E-state index in [0.29, 0.717) is 0 Å². The summed E-state index contributed by atoms with van der Waals surface area (Å²) < 4.78 is 0. The molecule has 1 nitrogen and oxygen atoms in total. The molecule has 0 radical (unpaired) electrons. The molecule has 0 aromatic carbocycles. The van der Waals surface area contributed by atoms with E-state index < -0.39 is 0 Å². The van der Waals surface area contributed by atoms with Gasteiger partial charge >= 0.3 is 0 Å². The molecule has 0 aromatic rings. The van der Waals surface area contributed by atoms with Crippen molar-refractivity contribution in [3.8, 4) is 0 Å². The summed E-state index contributed by atoms with van der Waals surface area (Å²) in [6.45, 7) is 8.20. The monoisotopic (exact) mass is 128 g/mol. The largest absolute Gasteiger partial charge is 0.317 e. The van der Waals surface area contributed by atoms with Gasteiger partial charge in [-0.05, 0) is 32.4 Å². The summed E-state index contributed by atoms with van der Waals surface area (Å²) in [6, 6.07) is 0. The van der Waals surface area contributed by atoms with E-state index in [4.69, 9.17) is 0 Å². The fraction of sp³-hybridized carbons (Fsp3) is 0.875. The molecule has 0 aliphatic rings. The highest BCUT2D eigenvalue weighted by Gasteiger charge is 1.87. The maximum Gasteiger partial charge on any atom is 0.0850 e. The first-order valence-corrected chi connectivity index (χ1v) is 3.91. The second-order valence-corrected chi connectivity index (χ2v) is 2.27. The van der Waals surface area contributed by atoms with Crippen LogP contribution in [0, 0.1) is 6.92 Å². The van der Waals surface area contributed by atoms with Gasteiger partial charge in [-0.25, -0.2) is 0 Å². The van der Waals surface area contributed by atoms with Crippen LogP contribution in [0.2, 0.25) is 0 Å². The molecule has 0 unspecified atom stereocenters. The molecular formula is C8H18N+. The first kappa shape index (κ1) is 8.83. The molecule has 0 rings (SSSR count). The van der Waals surface area contributed by atoms with Gasteiger partial charge in [-0.15, -0.1) is 0 Å². The Hall–Kier alpha value is -0.170. The molecule has 0 saturated heterocycles. The van der Waals surface area contributed by atoms with Gasteiger partial charge in [0.05, 0.1) is 13.3 Å². The molecule has 0 spiro atoms. The highest BCUT2D eigenvalue weighted by Crippen LogP contribution is 1.96. The lowest BCUT2D eigenvalue weighted by Crippen LogP contribution is -2.13. The predicted molar refractivity (Wildman–Crippen MR) is 42.4 cm³/mol. The van der Waals surface area contributed by atoms with E-state index in [1.165, 1.54) is 25.8 Å². The smallest absolute Gasteiger partial charge is 0.0850 e. The first-order valence-electron chi connectivity index (χ1n) is 3.91. The van der Waals surface area contributed by atoms with E-state index in [2.05, 4.69) is 19.2 Å². The first-order chi connectivity index (χ1) is 4.41. The molecule has 0 aliphatic heterocycles. The average Bonchev–Trinajstić information content (AvgIpc) is 1.89. The van der Waals surface area contributed by atoms with E-state index >= 15 is 0 Å². The molecule has 0 fully saturated rings. The fourth-order valence-corrected chi connectivity index (χ4v) is 0.780. The molecule has 0 heterocycles. The minimum absolute atomic E-state index is 1.09. The Morgan fingerprint density at radius 3 is 2.56 bits per heavy atom. The van der Waals surface area contributed by atoms with Gasteiger partial charge in [0.25, 0.3) is 0 Å². The molecule has 1 N–H and O–H groups in total.